The standard InChI is InChI=1S/C11H19N3O/c1-3-9-10(15-11(12)13-9)8-5-4-6-14(2)7-8/h8H,3-7H2,1-2H3,(H2,12,13). The third-order valence-corrected chi connectivity index (χ3v) is 3.07. The van der Waals surface area contributed by atoms with Gasteiger partial charge in [0.25, 0.3) is 6.01 Å². The zero-order valence-corrected chi connectivity index (χ0v) is 9.49. The molecule has 4 nitrogen and oxygen atoms in total. The zero-order valence-electron chi connectivity index (χ0n) is 9.49. The van der Waals surface area contributed by atoms with Gasteiger partial charge in [-0.15, -0.1) is 0 Å². The van der Waals surface area contributed by atoms with Crippen LogP contribution in [0.25, 0.3) is 0 Å². The summed E-state index contributed by atoms with van der Waals surface area (Å²) in [5, 5.41) is 0. The maximum atomic E-state index is 5.60. The van der Waals surface area contributed by atoms with Gasteiger partial charge in [0.1, 0.15) is 5.76 Å². The van der Waals surface area contributed by atoms with Crippen molar-refractivity contribution in [3.05, 3.63) is 11.5 Å². The average Bonchev–Trinajstić information content (AvgIpc) is 2.59. The molecule has 0 saturated carbocycles. The molecule has 1 aliphatic rings. The lowest BCUT2D eigenvalue weighted by Crippen LogP contribution is -2.31. The Kier molecular flexibility index (Phi) is 2.95. The van der Waals surface area contributed by atoms with Gasteiger partial charge in [-0.2, -0.15) is 4.98 Å². The highest BCUT2D eigenvalue weighted by molar-refractivity contribution is 5.23. The number of nitrogens with zero attached hydrogens (tertiary/aromatic N) is 2. The number of hydrogen-bond donors (Lipinski definition) is 1. The van der Waals surface area contributed by atoms with Gasteiger partial charge in [-0.05, 0) is 32.9 Å². The number of aryl methyl sites for hydroxylation is 1. The third-order valence-electron chi connectivity index (χ3n) is 3.07. The molecule has 84 valence electrons. The van der Waals surface area contributed by atoms with Crippen LogP contribution in [-0.4, -0.2) is 30.0 Å². The van der Waals surface area contributed by atoms with Gasteiger partial charge in [0.15, 0.2) is 0 Å². The van der Waals surface area contributed by atoms with Crippen molar-refractivity contribution in [2.24, 2.45) is 0 Å². The minimum Gasteiger partial charge on any atom is -0.428 e. The van der Waals surface area contributed by atoms with Crippen molar-refractivity contribution in [1.29, 1.82) is 0 Å². The molecule has 0 aliphatic carbocycles. The van der Waals surface area contributed by atoms with Crippen molar-refractivity contribution in [2.75, 3.05) is 25.9 Å². The number of oxazole rings is 1. The van der Waals surface area contributed by atoms with Crippen LogP contribution >= 0.6 is 0 Å². The second kappa shape index (κ2) is 4.23. The van der Waals surface area contributed by atoms with E-state index in [1.165, 1.54) is 19.4 Å². The first kappa shape index (κ1) is 10.5. The number of anilines is 1. The van der Waals surface area contributed by atoms with E-state index in [2.05, 4.69) is 23.9 Å². The van der Waals surface area contributed by atoms with E-state index in [1.54, 1.807) is 0 Å². The molecule has 0 aromatic carbocycles. The summed E-state index contributed by atoms with van der Waals surface area (Å²) in [5.74, 6) is 1.49. The van der Waals surface area contributed by atoms with E-state index < -0.39 is 0 Å². The zero-order chi connectivity index (χ0) is 10.8. The topological polar surface area (TPSA) is 55.3 Å². The SMILES string of the molecule is CCc1nc(N)oc1C1CCCN(C)C1. The fraction of sp³-hybridized carbons (Fsp3) is 0.727. The molecule has 2 N–H and O–H groups in total. The minimum atomic E-state index is 0.315. The molecule has 1 fully saturated rings. The fourth-order valence-electron chi connectivity index (χ4n) is 2.34. The lowest BCUT2D eigenvalue weighted by atomic mass is 9.94. The van der Waals surface area contributed by atoms with Crippen LogP contribution in [0.1, 0.15) is 37.1 Å². The van der Waals surface area contributed by atoms with Gasteiger partial charge in [-0.3, -0.25) is 0 Å². The Labute approximate surface area is 90.5 Å². The van der Waals surface area contributed by atoms with Gasteiger partial charge in [0, 0.05) is 12.5 Å². The number of nitrogens with two attached hydrogens (primary N) is 1. The highest BCUT2D eigenvalue weighted by Crippen LogP contribution is 2.30. The van der Waals surface area contributed by atoms with Gasteiger partial charge in [0.2, 0.25) is 0 Å². The Balaban J connectivity index is 2.19. The van der Waals surface area contributed by atoms with Gasteiger partial charge in [-0.25, -0.2) is 0 Å². The van der Waals surface area contributed by atoms with E-state index in [0.29, 0.717) is 11.9 Å². The predicted molar refractivity (Wildman–Crippen MR) is 59.8 cm³/mol. The first-order valence-corrected chi connectivity index (χ1v) is 5.64. The molecule has 1 atom stereocenters. The molecular weight excluding hydrogens is 190 g/mol. The number of hydrogen-bond acceptors (Lipinski definition) is 4. The lowest BCUT2D eigenvalue weighted by Gasteiger charge is -2.28. The summed E-state index contributed by atoms with van der Waals surface area (Å²) >= 11 is 0. The first-order chi connectivity index (χ1) is 7.20. The molecule has 2 heterocycles. The van der Waals surface area contributed by atoms with E-state index in [9.17, 15) is 0 Å². The first-order valence-electron chi connectivity index (χ1n) is 5.64. The number of nitrogen functional groups attached to an aromatic ring is 1. The quantitative estimate of drug-likeness (QED) is 0.804. The second-order valence-electron chi connectivity index (χ2n) is 4.32. The van der Waals surface area contributed by atoms with Gasteiger partial charge < -0.3 is 15.1 Å². The summed E-state index contributed by atoms with van der Waals surface area (Å²) in [6, 6.07) is 0.315. The van der Waals surface area contributed by atoms with Gasteiger partial charge in [-0.1, -0.05) is 6.92 Å². The molecule has 1 unspecified atom stereocenters. The molecule has 1 aromatic rings. The smallest absolute Gasteiger partial charge is 0.292 e. The number of likely N-dealkylation sites (N-methyl/N-ethyl adjacent to an activating group) is 1. The molecule has 1 aliphatic heterocycles. The maximum absolute atomic E-state index is 5.60. The monoisotopic (exact) mass is 209 g/mol. The Bertz CT molecular complexity index is 335. The van der Waals surface area contributed by atoms with E-state index in [0.717, 1.165) is 24.4 Å². The van der Waals surface area contributed by atoms with E-state index in [-0.39, 0.29) is 0 Å². The fourth-order valence-corrected chi connectivity index (χ4v) is 2.34. The summed E-state index contributed by atoms with van der Waals surface area (Å²) in [4.78, 5) is 6.56. The van der Waals surface area contributed by atoms with E-state index in [1.807, 2.05) is 0 Å². The molecule has 1 aromatic heterocycles. The van der Waals surface area contributed by atoms with Crippen LogP contribution in [0.4, 0.5) is 6.01 Å². The largest absolute Gasteiger partial charge is 0.428 e. The van der Waals surface area contributed by atoms with Crippen LogP contribution in [0.5, 0.6) is 0 Å². The van der Waals surface area contributed by atoms with Crippen molar-refractivity contribution in [1.82, 2.24) is 9.88 Å². The van der Waals surface area contributed by atoms with Crippen molar-refractivity contribution >= 4 is 6.01 Å². The molecular formula is C11H19N3O. The van der Waals surface area contributed by atoms with Crippen molar-refractivity contribution in [2.45, 2.75) is 32.1 Å². The van der Waals surface area contributed by atoms with Crippen molar-refractivity contribution in [3.8, 4) is 0 Å². The molecule has 1 saturated heterocycles. The van der Waals surface area contributed by atoms with Crippen LogP contribution in [-0.2, 0) is 6.42 Å². The molecule has 0 amide bonds. The third kappa shape index (κ3) is 2.15. The molecule has 0 spiro atoms. The maximum Gasteiger partial charge on any atom is 0.292 e. The summed E-state index contributed by atoms with van der Waals surface area (Å²) in [6.45, 7) is 4.33. The number of likely N-dealkylation sites (tertiary alicyclic amines) is 1. The summed E-state index contributed by atoms with van der Waals surface area (Å²) in [6.07, 6.45) is 3.31. The highest BCUT2D eigenvalue weighted by atomic mass is 16.4. The second-order valence-corrected chi connectivity index (χ2v) is 4.32. The average molecular weight is 209 g/mol. The van der Waals surface area contributed by atoms with Crippen LogP contribution in [0.2, 0.25) is 0 Å². The van der Waals surface area contributed by atoms with Crippen molar-refractivity contribution in [3.63, 3.8) is 0 Å². The minimum absolute atomic E-state index is 0.315. The Morgan fingerprint density at radius 2 is 2.40 bits per heavy atom. The molecule has 4 heteroatoms. The normalized spacial score (nSPS) is 23.2. The number of piperidine rings is 1. The summed E-state index contributed by atoms with van der Waals surface area (Å²) in [7, 11) is 2.15. The molecule has 0 radical (unpaired) electrons. The summed E-state index contributed by atoms with van der Waals surface area (Å²) < 4.78 is 5.53. The van der Waals surface area contributed by atoms with Crippen molar-refractivity contribution < 1.29 is 4.42 Å². The van der Waals surface area contributed by atoms with E-state index >= 15 is 0 Å². The van der Waals surface area contributed by atoms with Crippen LogP contribution < -0.4 is 5.73 Å². The van der Waals surface area contributed by atoms with Crippen LogP contribution in [0.3, 0.4) is 0 Å². The van der Waals surface area contributed by atoms with E-state index in [4.69, 9.17) is 10.2 Å². The summed E-state index contributed by atoms with van der Waals surface area (Å²) in [5.41, 5.74) is 6.64. The number of rotatable bonds is 2. The molecule has 0 bridgehead atoms. The Morgan fingerprint density at radius 3 is 3.07 bits per heavy atom. The molecule has 2 rings (SSSR count). The van der Waals surface area contributed by atoms with Gasteiger partial charge in [0.05, 0.1) is 5.69 Å². The Morgan fingerprint density at radius 1 is 1.60 bits per heavy atom. The lowest BCUT2D eigenvalue weighted by molar-refractivity contribution is 0.234. The van der Waals surface area contributed by atoms with Gasteiger partial charge >= 0.3 is 0 Å². The highest BCUT2D eigenvalue weighted by Gasteiger charge is 2.25. The predicted octanol–water partition coefficient (Wildman–Crippen LogP) is 1.63. The van der Waals surface area contributed by atoms with Crippen LogP contribution in [0, 0.1) is 0 Å². The van der Waals surface area contributed by atoms with Crippen LogP contribution in [0.15, 0.2) is 4.42 Å². The molecule has 15 heavy (non-hydrogen) atoms. The Hall–Kier alpha value is -1.03. The number of aromatic nitrogens is 1.